The van der Waals surface area contributed by atoms with Crippen molar-refractivity contribution in [3.8, 4) is 17.6 Å². The molecule has 0 aromatic heterocycles. The lowest BCUT2D eigenvalue weighted by Crippen LogP contribution is -1.96. The van der Waals surface area contributed by atoms with Crippen LogP contribution in [-0.4, -0.2) is 4.92 Å². The number of nitriles is 1. The van der Waals surface area contributed by atoms with Gasteiger partial charge in [-0.15, -0.1) is 0 Å². The monoisotopic (exact) mass is 294 g/mol. The van der Waals surface area contributed by atoms with E-state index in [1.54, 1.807) is 6.07 Å². The van der Waals surface area contributed by atoms with Gasteiger partial charge in [-0.05, 0) is 18.2 Å². The molecule has 8 heteroatoms. The number of hydrogen-bond donors (Lipinski definition) is 0. The van der Waals surface area contributed by atoms with Gasteiger partial charge in [0.1, 0.15) is 5.75 Å². The van der Waals surface area contributed by atoms with E-state index < -0.39 is 33.8 Å². The first-order chi connectivity index (χ1) is 9.92. The molecule has 2 aromatic carbocycles. The third kappa shape index (κ3) is 2.92. The van der Waals surface area contributed by atoms with Crippen molar-refractivity contribution in [3.63, 3.8) is 0 Å². The van der Waals surface area contributed by atoms with Gasteiger partial charge in [-0.3, -0.25) is 10.1 Å². The van der Waals surface area contributed by atoms with Gasteiger partial charge in [-0.25, -0.2) is 8.78 Å². The van der Waals surface area contributed by atoms with Gasteiger partial charge in [0.05, 0.1) is 16.6 Å². The van der Waals surface area contributed by atoms with Crippen molar-refractivity contribution >= 4 is 5.69 Å². The molecule has 0 aliphatic heterocycles. The van der Waals surface area contributed by atoms with E-state index in [4.69, 9.17) is 10.00 Å². The molecule has 2 rings (SSSR count). The topological polar surface area (TPSA) is 76.2 Å². The van der Waals surface area contributed by atoms with E-state index in [0.29, 0.717) is 6.07 Å². The van der Waals surface area contributed by atoms with Crippen molar-refractivity contribution in [2.45, 2.75) is 0 Å². The Hall–Kier alpha value is -3.08. The molecule has 0 saturated heterocycles. The summed E-state index contributed by atoms with van der Waals surface area (Å²) in [6.45, 7) is 0. The molecule has 2 aromatic rings. The van der Waals surface area contributed by atoms with E-state index in [-0.39, 0.29) is 11.3 Å². The quantitative estimate of drug-likeness (QED) is 0.639. The van der Waals surface area contributed by atoms with E-state index in [2.05, 4.69) is 0 Å². The summed E-state index contributed by atoms with van der Waals surface area (Å²) >= 11 is 0. The fourth-order valence-electron chi connectivity index (χ4n) is 1.54. The predicted octanol–water partition coefficient (Wildman–Crippen LogP) is 3.68. The van der Waals surface area contributed by atoms with Crippen molar-refractivity contribution in [1.29, 1.82) is 5.26 Å². The summed E-state index contributed by atoms with van der Waals surface area (Å²) < 4.78 is 45.4. The Morgan fingerprint density at radius 2 is 1.71 bits per heavy atom. The van der Waals surface area contributed by atoms with Crippen LogP contribution in [0.3, 0.4) is 0 Å². The van der Waals surface area contributed by atoms with Crippen LogP contribution < -0.4 is 4.74 Å². The average molecular weight is 294 g/mol. The third-order valence-corrected chi connectivity index (χ3v) is 2.46. The summed E-state index contributed by atoms with van der Waals surface area (Å²) in [5, 5.41) is 19.0. The van der Waals surface area contributed by atoms with Crippen LogP contribution in [0, 0.1) is 38.9 Å². The zero-order valence-electron chi connectivity index (χ0n) is 10.1. The van der Waals surface area contributed by atoms with Crippen LogP contribution in [0.2, 0.25) is 0 Å². The van der Waals surface area contributed by atoms with Crippen LogP contribution in [0.1, 0.15) is 5.56 Å². The standard InChI is InChI=1S/C13H5F3N2O3/c14-9-5-8(1-2-12(9)18(19)20)21-13-10(15)3-7(6-17)4-11(13)16/h1-5H. The highest BCUT2D eigenvalue weighted by Gasteiger charge is 2.17. The number of rotatable bonds is 3. The molecular formula is C13H5F3N2O3. The average Bonchev–Trinajstić information content (AvgIpc) is 2.42. The lowest BCUT2D eigenvalue weighted by Gasteiger charge is -2.08. The number of nitrogens with zero attached hydrogens (tertiary/aromatic N) is 2. The first kappa shape index (κ1) is 14.3. The summed E-state index contributed by atoms with van der Waals surface area (Å²) in [7, 11) is 0. The van der Waals surface area contributed by atoms with Crippen LogP contribution in [0.15, 0.2) is 30.3 Å². The van der Waals surface area contributed by atoms with Gasteiger partial charge in [0.25, 0.3) is 0 Å². The van der Waals surface area contributed by atoms with Crippen LogP contribution in [0.25, 0.3) is 0 Å². The molecule has 0 fully saturated rings. The number of nitro groups is 1. The zero-order chi connectivity index (χ0) is 15.6. The Morgan fingerprint density at radius 3 is 2.19 bits per heavy atom. The van der Waals surface area contributed by atoms with Gasteiger partial charge in [0.2, 0.25) is 5.82 Å². The van der Waals surface area contributed by atoms with Crippen LogP contribution in [0.5, 0.6) is 11.5 Å². The normalized spacial score (nSPS) is 10.0. The summed E-state index contributed by atoms with van der Waals surface area (Å²) in [5.41, 5.74) is -1.03. The van der Waals surface area contributed by atoms with Gasteiger partial charge in [-0.2, -0.15) is 9.65 Å². The maximum Gasteiger partial charge on any atom is 0.305 e. The molecule has 0 unspecified atom stereocenters. The molecule has 0 N–H and O–H groups in total. The molecule has 0 aliphatic carbocycles. The van der Waals surface area contributed by atoms with Crippen molar-refractivity contribution in [2.75, 3.05) is 0 Å². The second kappa shape index (κ2) is 5.50. The molecule has 0 heterocycles. The summed E-state index contributed by atoms with van der Waals surface area (Å²) in [6, 6.07) is 5.50. The maximum atomic E-state index is 13.6. The van der Waals surface area contributed by atoms with Crippen LogP contribution in [-0.2, 0) is 0 Å². The highest BCUT2D eigenvalue weighted by atomic mass is 19.1. The van der Waals surface area contributed by atoms with Gasteiger partial charge in [-0.1, -0.05) is 0 Å². The van der Waals surface area contributed by atoms with E-state index in [1.165, 1.54) is 0 Å². The predicted molar refractivity (Wildman–Crippen MR) is 64.2 cm³/mol. The number of nitro benzene ring substituents is 1. The maximum absolute atomic E-state index is 13.6. The third-order valence-electron chi connectivity index (χ3n) is 2.46. The second-order valence-corrected chi connectivity index (χ2v) is 3.85. The molecule has 0 bridgehead atoms. The van der Waals surface area contributed by atoms with Gasteiger partial charge >= 0.3 is 5.69 Å². The number of hydrogen-bond acceptors (Lipinski definition) is 4. The molecule has 0 saturated carbocycles. The number of ether oxygens (including phenoxy) is 1. The minimum atomic E-state index is -1.20. The Morgan fingerprint density at radius 1 is 1.10 bits per heavy atom. The van der Waals surface area contributed by atoms with Crippen molar-refractivity contribution in [3.05, 3.63) is 63.5 Å². The van der Waals surface area contributed by atoms with Crippen LogP contribution in [0.4, 0.5) is 18.9 Å². The smallest absolute Gasteiger partial charge is 0.305 e. The number of benzene rings is 2. The Kier molecular flexibility index (Phi) is 3.75. The van der Waals surface area contributed by atoms with Crippen molar-refractivity contribution in [1.82, 2.24) is 0 Å². The van der Waals surface area contributed by atoms with E-state index in [1.807, 2.05) is 0 Å². The fraction of sp³-hybridized carbons (Fsp3) is 0. The molecule has 0 aliphatic rings. The van der Waals surface area contributed by atoms with E-state index in [0.717, 1.165) is 24.3 Å². The first-order valence-electron chi connectivity index (χ1n) is 5.43. The lowest BCUT2D eigenvalue weighted by atomic mass is 10.2. The molecular weight excluding hydrogens is 289 g/mol. The van der Waals surface area contributed by atoms with Gasteiger partial charge in [0, 0.05) is 12.1 Å². The lowest BCUT2D eigenvalue weighted by molar-refractivity contribution is -0.387. The van der Waals surface area contributed by atoms with Crippen molar-refractivity contribution < 1.29 is 22.8 Å². The van der Waals surface area contributed by atoms with Crippen LogP contribution >= 0.6 is 0 Å². The minimum Gasteiger partial charge on any atom is -0.451 e. The highest BCUT2D eigenvalue weighted by molar-refractivity contribution is 5.42. The zero-order valence-corrected chi connectivity index (χ0v) is 10.1. The van der Waals surface area contributed by atoms with E-state index in [9.17, 15) is 23.3 Å². The molecule has 21 heavy (non-hydrogen) atoms. The largest absolute Gasteiger partial charge is 0.451 e. The Labute approximate surface area is 116 Å². The Bertz CT molecular complexity index is 749. The SMILES string of the molecule is N#Cc1cc(F)c(Oc2ccc([N+](=O)[O-])c(F)c2)c(F)c1. The van der Waals surface area contributed by atoms with E-state index >= 15 is 0 Å². The molecule has 0 amide bonds. The Balaban J connectivity index is 2.37. The fourth-order valence-corrected chi connectivity index (χ4v) is 1.54. The summed E-state index contributed by atoms with van der Waals surface area (Å²) in [6.07, 6.45) is 0. The molecule has 0 radical (unpaired) electrons. The van der Waals surface area contributed by atoms with Gasteiger partial charge < -0.3 is 4.74 Å². The first-order valence-corrected chi connectivity index (χ1v) is 5.43. The highest BCUT2D eigenvalue weighted by Crippen LogP contribution is 2.30. The second-order valence-electron chi connectivity index (χ2n) is 3.85. The molecule has 5 nitrogen and oxygen atoms in total. The molecule has 106 valence electrons. The summed E-state index contributed by atoms with van der Waals surface area (Å²) in [5.74, 6) is -4.65. The number of halogens is 3. The van der Waals surface area contributed by atoms with Crippen molar-refractivity contribution in [2.24, 2.45) is 0 Å². The minimum absolute atomic E-state index is 0.243. The summed E-state index contributed by atoms with van der Waals surface area (Å²) in [4.78, 5) is 9.50. The molecule has 0 spiro atoms. The van der Waals surface area contributed by atoms with Gasteiger partial charge in [0.15, 0.2) is 17.4 Å². The molecule has 0 atom stereocenters.